The Balaban J connectivity index is 1.72. The third-order valence-corrected chi connectivity index (χ3v) is 6.18. The fourth-order valence-electron chi connectivity index (χ4n) is 4.39. The van der Waals surface area contributed by atoms with Crippen LogP contribution in [-0.2, 0) is 24.2 Å². The summed E-state index contributed by atoms with van der Waals surface area (Å²) >= 11 is 0. The second-order valence-electron chi connectivity index (χ2n) is 8.27. The molecule has 1 unspecified atom stereocenters. The number of amides is 2. The minimum absolute atomic E-state index is 0.157. The average Bonchev–Trinajstić information content (AvgIpc) is 2.82. The van der Waals surface area contributed by atoms with Crippen LogP contribution < -0.4 is 15.0 Å². The number of para-hydroxylation sites is 1. The van der Waals surface area contributed by atoms with Gasteiger partial charge in [-0.3, -0.25) is 14.5 Å². The van der Waals surface area contributed by atoms with Gasteiger partial charge >= 0.3 is 0 Å². The second kappa shape index (κ2) is 8.87. The number of benzene rings is 3. The van der Waals surface area contributed by atoms with Crippen molar-refractivity contribution in [2.24, 2.45) is 0 Å². The molecular weight excluding hydrogens is 400 g/mol. The van der Waals surface area contributed by atoms with Gasteiger partial charge in [0.25, 0.3) is 5.91 Å². The van der Waals surface area contributed by atoms with Crippen molar-refractivity contribution < 1.29 is 14.3 Å². The summed E-state index contributed by atoms with van der Waals surface area (Å²) in [6.45, 7) is 4.24. The summed E-state index contributed by atoms with van der Waals surface area (Å²) in [4.78, 5) is 28.9. The largest absolute Gasteiger partial charge is 0.496 e. The molecule has 5 nitrogen and oxygen atoms in total. The highest BCUT2D eigenvalue weighted by Gasteiger charge is 2.47. The monoisotopic (exact) mass is 428 g/mol. The minimum Gasteiger partial charge on any atom is -0.496 e. The van der Waals surface area contributed by atoms with Crippen LogP contribution >= 0.6 is 0 Å². The quantitative estimate of drug-likeness (QED) is 0.627. The van der Waals surface area contributed by atoms with E-state index < -0.39 is 5.54 Å². The molecule has 32 heavy (non-hydrogen) atoms. The molecule has 0 fully saturated rings. The summed E-state index contributed by atoms with van der Waals surface area (Å²) in [5, 5.41) is 3.05. The summed E-state index contributed by atoms with van der Waals surface area (Å²) in [6.07, 6.45) is 1.28. The zero-order valence-electron chi connectivity index (χ0n) is 18.7. The van der Waals surface area contributed by atoms with Crippen LogP contribution in [0, 0.1) is 0 Å². The molecule has 0 bridgehead atoms. The summed E-state index contributed by atoms with van der Waals surface area (Å²) in [7, 11) is 1.61. The van der Waals surface area contributed by atoms with E-state index in [0.29, 0.717) is 18.5 Å². The number of carbonyl (C=O) groups is 2. The minimum atomic E-state index is -1.07. The number of carbonyl (C=O) groups excluding carboxylic acids is 2. The number of hydrogen-bond donors (Lipinski definition) is 1. The molecule has 2 amide bonds. The van der Waals surface area contributed by atoms with Gasteiger partial charge in [0.1, 0.15) is 11.3 Å². The number of aryl methyl sites for hydroxylation is 1. The molecule has 1 N–H and O–H groups in total. The van der Waals surface area contributed by atoms with Crippen LogP contribution in [0.25, 0.3) is 0 Å². The lowest BCUT2D eigenvalue weighted by atomic mass is 9.82. The standard InChI is InChI=1S/C27H28N2O3/c1-4-19-10-9-13-22(16-19)29-25(30)23-14-7-5-11-20(23)17-27(29,2)26(31)28-18-21-12-6-8-15-24(21)32-3/h5-16H,4,17-18H2,1-3H3,(H,28,31). The highest BCUT2D eigenvalue weighted by atomic mass is 16.5. The van der Waals surface area contributed by atoms with E-state index in [1.807, 2.05) is 79.7 Å². The van der Waals surface area contributed by atoms with E-state index in [1.54, 1.807) is 12.0 Å². The van der Waals surface area contributed by atoms with Gasteiger partial charge in [-0.2, -0.15) is 0 Å². The first kappa shape index (κ1) is 21.6. The Morgan fingerprint density at radius 2 is 1.81 bits per heavy atom. The SMILES string of the molecule is CCc1cccc(N2C(=O)c3ccccc3CC2(C)C(=O)NCc2ccccc2OC)c1. The van der Waals surface area contributed by atoms with Crippen LogP contribution in [0.15, 0.2) is 72.8 Å². The predicted octanol–water partition coefficient (Wildman–Crippen LogP) is 4.54. The molecule has 0 radical (unpaired) electrons. The number of hydrogen-bond acceptors (Lipinski definition) is 3. The third-order valence-electron chi connectivity index (χ3n) is 6.18. The van der Waals surface area contributed by atoms with Crippen molar-refractivity contribution in [1.29, 1.82) is 0 Å². The van der Waals surface area contributed by atoms with Crippen LogP contribution in [0.5, 0.6) is 5.75 Å². The van der Waals surface area contributed by atoms with Gasteiger partial charge < -0.3 is 10.1 Å². The van der Waals surface area contributed by atoms with Crippen LogP contribution in [0.2, 0.25) is 0 Å². The Morgan fingerprint density at radius 1 is 1.06 bits per heavy atom. The first-order valence-electron chi connectivity index (χ1n) is 10.9. The van der Waals surface area contributed by atoms with Crippen molar-refractivity contribution in [2.45, 2.75) is 38.8 Å². The van der Waals surface area contributed by atoms with E-state index in [9.17, 15) is 9.59 Å². The summed E-state index contributed by atoms with van der Waals surface area (Å²) in [5.74, 6) is 0.360. The maximum atomic E-state index is 13.6. The highest BCUT2D eigenvalue weighted by Crippen LogP contribution is 2.36. The number of rotatable bonds is 6. The second-order valence-corrected chi connectivity index (χ2v) is 8.27. The van der Waals surface area contributed by atoms with E-state index in [4.69, 9.17) is 4.74 Å². The van der Waals surface area contributed by atoms with Crippen molar-refractivity contribution in [2.75, 3.05) is 12.0 Å². The summed E-state index contributed by atoms with van der Waals surface area (Å²) in [6, 6.07) is 23.0. The Labute approximate surface area is 189 Å². The van der Waals surface area contributed by atoms with Crippen LogP contribution in [0.1, 0.15) is 40.9 Å². The van der Waals surface area contributed by atoms with E-state index in [-0.39, 0.29) is 11.8 Å². The molecule has 0 spiro atoms. The highest BCUT2D eigenvalue weighted by molar-refractivity contribution is 6.14. The Kier molecular flexibility index (Phi) is 5.99. The molecule has 0 saturated heterocycles. The molecule has 0 aromatic heterocycles. The molecule has 3 aromatic rings. The Morgan fingerprint density at radius 3 is 2.59 bits per heavy atom. The average molecular weight is 429 g/mol. The lowest BCUT2D eigenvalue weighted by molar-refractivity contribution is -0.126. The number of nitrogens with one attached hydrogen (secondary N) is 1. The smallest absolute Gasteiger partial charge is 0.259 e. The third kappa shape index (κ3) is 3.86. The Hall–Kier alpha value is -3.60. The van der Waals surface area contributed by atoms with E-state index >= 15 is 0 Å². The zero-order chi connectivity index (χ0) is 22.7. The van der Waals surface area contributed by atoms with Crippen molar-refractivity contribution in [3.63, 3.8) is 0 Å². The molecule has 164 valence electrons. The van der Waals surface area contributed by atoms with Gasteiger partial charge in [-0.1, -0.05) is 55.5 Å². The fraction of sp³-hybridized carbons (Fsp3) is 0.259. The number of ether oxygens (including phenoxy) is 1. The molecule has 5 heteroatoms. The predicted molar refractivity (Wildman–Crippen MR) is 126 cm³/mol. The summed E-state index contributed by atoms with van der Waals surface area (Å²) < 4.78 is 5.41. The number of methoxy groups -OCH3 is 1. The first-order chi connectivity index (χ1) is 15.5. The maximum Gasteiger partial charge on any atom is 0.259 e. The van der Waals surface area contributed by atoms with E-state index in [2.05, 4.69) is 12.2 Å². The molecule has 3 aromatic carbocycles. The number of fused-ring (bicyclic) bond motifs is 1. The lowest BCUT2D eigenvalue weighted by Crippen LogP contribution is -2.63. The van der Waals surface area contributed by atoms with Gasteiger partial charge in [-0.25, -0.2) is 0 Å². The summed E-state index contributed by atoms with van der Waals surface area (Å²) in [5.41, 5.74) is 3.19. The van der Waals surface area contributed by atoms with Gasteiger partial charge in [0.15, 0.2) is 0 Å². The number of anilines is 1. The van der Waals surface area contributed by atoms with Crippen molar-refractivity contribution in [3.8, 4) is 5.75 Å². The fourth-order valence-corrected chi connectivity index (χ4v) is 4.39. The van der Waals surface area contributed by atoms with Gasteiger partial charge in [-0.15, -0.1) is 0 Å². The van der Waals surface area contributed by atoms with Crippen LogP contribution in [0.4, 0.5) is 5.69 Å². The van der Waals surface area contributed by atoms with Gasteiger partial charge in [0, 0.05) is 29.8 Å². The molecule has 0 aliphatic carbocycles. The molecule has 1 heterocycles. The van der Waals surface area contributed by atoms with Crippen molar-refractivity contribution in [3.05, 3.63) is 95.1 Å². The molecule has 1 aliphatic rings. The molecular formula is C27H28N2O3. The zero-order valence-corrected chi connectivity index (χ0v) is 18.7. The first-order valence-corrected chi connectivity index (χ1v) is 10.9. The molecule has 1 aliphatic heterocycles. The van der Waals surface area contributed by atoms with Crippen LogP contribution in [-0.4, -0.2) is 24.5 Å². The van der Waals surface area contributed by atoms with Crippen molar-refractivity contribution in [1.82, 2.24) is 5.32 Å². The van der Waals surface area contributed by atoms with E-state index in [0.717, 1.165) is 34.5 Å². The van der Waals surface area contributed by atoms with Crippen molar-refractivity contribution >= 4 is 17.5 Å². The lowest BCUT2D eigenvalue weighted by Gasteiger charge is -2.44. The van der Waals surface area contributed by atoms with Gasteiger partial charge in [0.2, 0.25) is 5.91 Å². The van der Waals surface area contributed by atoms with Gasteiger partial charge in [-0.05, 0) is 48.7 Å². The van der Waals surface area contributed by atoms with Crippen LogP contribution in [0.3, 0.4) is 0 Å². The molecule has 4 rings (SSSR count). The molecule has 1 atom stereocenters. The Bertz CT molecular complexity index is 1160. The molecule has 0 saturated carbocycles. The number of nitrogens with zero attached hydrogens (tertiary/aromatic N) is 1. The normalized spacial score (nSPS) is 17.6. The maximum absolute atomic E-state index is 13.6. The van der Waals surface area contributed by atoms with Gasteiger partial charge in [0.05, 0.1) is 7.11 Å². The van der Waals surface area contributed by atoms with E-state index in [1.165, 1.54) is 0 Å². The topological polar surface area (TPSA) is 58.6 Å².